The van der Waals surface area contributed by atoms with E-state index in [9.17, 15) is 4.79 Å². The van der Waals surface area contributed by atoms with Crippen LogP contribution in [0.2, 0.25) is 0 Å². The van der Waals surface area contributed by atoms with Gasteiger partial charge >= 0.3 is 6.09 Å². The molecule has 1 saturated heterocycles. The van der Waals surface area contributed by atoms with Crippen molar-refractivity contribution in [1.82, 2.24) is 9.80 Å². The standard InChI is InChI=1S/C18H28N2O3/c1-15(2)20(17-9-6-10-19(13-17)11-12-21)18(22)23-14-16-7-4-3-5-8-16/h3-5,7-8,15,17,21H,6,9-14H2,1-2H3/t17-/m1/s1. The molecule has 1 atom stereocenters. The summed E-state index contributed by atoms with van der Waals surface area (Å²) in [5, 5.41) is 9.13. The lowest BCUT2D eigenvalue weighted by Crippen LogP contribution is -2.53. The average molecular weight is 320 g/mol. The van der Waals surface area contributed by atoms with Crippen LogP contribution < -0.4 is 0 Å². The lowest BCUT2D eigenvalue weighted by molar-refractivity contribution is 0.0395. The molecular formula is C18H28N2O3. The molecule has 0 unspecified atom stereocenters. The molecule has 1 aromatic rings. The molecule has 1 amide bonds. The van der Waals surface area contributed by atoms with Crippen LogP contribution in [0.5, 0.6) is 0 Å². The van der Waals surface area contributed by atoms with Crippen LogP contribution in [0.1, 0.15) is 32.3 Å². The molecule has 1 aliphatic rings. The van der Waals surface area contributed by atoms with Crippen LogP contribution in [0.4, 0.5) is 4.79 Å². The van der Waals surface area contributed by atoms with Gasteiger partial charge in [-0.15, -0.1) is 0 Å². The minimum Gasteiger partial charge on any atom is -0.445 e. The zero-order valence-corrected chi connectivity index (χ0v) is 14.1. The van der Waals surface area contributed by atoms with E-state index in [1.54, 1.807) is 0 Å². The van der Waals surface area contributed by atoms with E-state index in [1.807, 2.05) is 49.1 Å². The summed E-state index contributed by atoms with van der Waals surface area (Å²) in [6.45, 7) is 6.97. The molecule has 1 N–H and O–H groups in total. The van der Waals surface area contributed by atoms with Crippen molar-refractivity contribution in [3.8, 4) is 0 Å². The van der Waals surface area contributed by atoms with Gasteiger partial charge in [-0.2, -0.15) is 0 Å². The summed E-state index contributed by atoms with van der Waals surface area (Å²) in [4.78, 5) is 16.6. The summed E-state index contributed by atoms with van der Waals surface area (Å²) in [7, 11) is 0. The Labute approximate surface area is 138 Å². The van der Waals surface area contributed by atoms with Crippen molar-refractivity contribution >= 4 is 6.09 Å². The number of aliphatic hydroxyl groups excluding tert-OH is 1. The molecule has 0 spiro atoms. The highest BCUT2D eigenvalue weighted by atomic mass is 16.6. The lowest BCUT2D eigenvalue weighted by Gasteiger charge is -2.40. The lowest BCUT2D eigenvalue weighted by atomic mass is 10.0. The van der Waals surface area contributed by atoms with Gasteiger partial charge in [0.2, 0.25) is 0 Å². The van der Waals surface area contributed by atoms with Crippen molar-refractivity contribution < 1.29 is 14.6 Å². The molecule has 1 fully saturated rings. The van der Waals surface area contributed by atoms with E-state index in [2.05, 4.69) is 4.90 Å². The fourth-order valence-corrected chi connectivity index (χ4v) is 3.18. The third kappa shape index (κ3) is 5.22. The van der Waals surface area contributed by atoms with Gasteiger partial charge in [0.05, 0.1) is 6.61 Å². The summed E-state index contributed by atoms with van der Waals surface area (Å²) < 4.78 is 5.52. The third-order valence-corrected chi connectivity index (χ3v) is 4.26. The normalized spacial score (nSPS) is 18.9. The second-order valence-corrected chi connectivity index (χ2v) is 6.36. The van der Waals surface area contributed by atoms with Crippen LogP contribution in [-0.2, 0) is 11.3 Å². The Morgan fingerprint density at radius 1 is 1.39 bits per heavy atom. The maximum atomic E-state index is 12.6. The number of carbonyl (C=O) groups is 1. The molecule has 5 nitrogen and oxygen atoms in total. The van der Waals surface area contributed by atoms with E-state index in [-0.39, 0.29) is 24.8 Å². The molecule has 1 heterocycles. The first-order valence-electron chi connectivity index (χ1n) is 8.44. The fourth-order valence-electron chi connectivity index (χ4n) is 3.18. The van der Waals surface area contributed by atoms with Gasteiger partial charge in [-0.1, -0.05) is 30.3 Å². The molecule has 1 aromatic carbocycles. The van der Waals surface area contributed by atoms with Crippen LogP contribution in [-0.4, -0.2) is 59.3 Å². The zero-order chi connectivity index (χ0) is 16.7. The van der Waals surface area contributed by atoms with Gasteiger partial charge in [-0.25, -0.2) is 4.79 Å². The van der Waals surface area contributed by atoms with Crippen LogP contribution >= 0.6 is 0 Å². The molecular weight excluding hydrogens is 292 g/mol. The van der Waals surface area contributed by atoms with Crippen LogP contribution in [0, 0.1) is 0 Å². The number of carbonyl (C=O) groups excluding carboxylic acids is 1. The SMILES string of the molecule is CC(C)N(C(=O)OCc1ccccc1)[C@@H]1CCCN(CCO)C1. The Balaban J connectivity index is 1.95. The number of likely N-dealkylation sites (tertiary alicyclic amines) is 1. The summed E-state index contributed by atoms with van der Waals surface area (Å²) in [6, 6.07) is 9.99. The Hall–Kier alpha value is -1.59. The number of β-amino-alcohol motifs (C(OH)–C–C–N with tert-alkyl or cyclic N) is 1. The van der Waals surface area contributed by atoms with Gasteiger partial charge in [0.1, 0.15) is 6.61 Å². The minimum atomic E-state index is -0.250. The maximum absolute atomic E-state index is 12.6. The zero-order valence-electron chi connectivity index (χ0n) is 14.1. The van der Waals surface area contributed by atoms with E-state index in [1.165, 1.54) is 0 Å². The first-order chi connectivity index (χ1) is 11.1. The monoisotopic (exact) mass is 320 g/mol. The number of piperidine rings is 1. The smallest absolute Gasteiger partial charge is 0.410 e. The van der Waals surface area contributed by atoms with E-state index >= 15 is 0 Å². The molecule has 0 bridgehead atoms. The number of amides is 1. The molecule has 2 rings (SSSR count). The topological polar surface area (TPSA) is 53.0 Å². The number of benzene rings is 1. The predicted molar refractivity (Wildman–Crippen MR) is 90.1 cm³/mol. The van der Waals surface area contributed by atoms with Crippen molar-refractivity contribution in [3.63, 3.8) is 0 Å². The van der Waals surface area contributed by atoms with Crippen molar-refractivity contribution in [2.24, 2.45) is 0 Å². The van der Waals surface area contributed by atoms with Crippen molar-refractivity contribution in [2.75, 3.05) is 26.2 Å². The van der Waals surface area contributed by atoms with Gasteiger partial charge in [-0.05, 0) is 38.8 Å². The molecule has 23 heavy (non-hydrogen) atoms. The summed E-state index contributed by atoms with van der Waals surface area (Å²) in [6.07, 6.45) is 1.78. The second-order valence-electron chi connectivity index (χ2n) is 6.36. The number of hydrogen-bond donors (Lipinski definition) is 1. The Morgan fingerprint density at radius 3 is 2.78 bits per heavy atom. The molecule has 1 aliphatic heterocycles. The van der Waals surface area contributed by atoms with Gasteiger partial charge < -0.3 is 14.7 Å². The largest absolute Gasteiger partial charge is 0.445 e. The van der Waals surface area contributed by atoms with Crippen molar-refractivity contribution in [3.05, 3.63) is 35.9 Å². The quantitative estimate of drug-likeness (QED) is 0.875. The highest BCUT2D eigenvalue weighted by Gasteiger charge is 2.31. The van der Waals surface area contributed by atoms with E-state index in [0.29, 0.717) is 13.2 Å². The van der Waals surface area contributed by atoms with Gasteiger partial charge in [-0.3, -0.25) is 4.90 Å². The number of rotatable bonds is 6. The first-order valence-corrected chi connectivity index (χ1v) is 8.44. The highest BCUT2D eigenvalue weighted by Crippen LogP contribution is 2.19. The maximum Gasteiger partial charge on any atom is 0.410 e. The molecule has 5 heteroatoms. The van der Waals surface area contributed by atoms with Crippen molar-refractivity contribution in [1.29, 1.82) is 0 Å². The number of hydrogen-bond acceptors (Lipinski definition) is 4. The molecule has 0 radical (unpaired) electrons. The second kappa shape index (κ2) is 8.89. The molecule has 0 aliphatic carbocycles. The highest BCUT2D eigenvalue weighted by molar-refractivity contribution is 5.68. The first kappa shape index (κ1) is 17.8. The van der Waals surface area contributed by atoms with Crippen LogP contribution in [0.15, 0.2) is 30.3 Å². The number of aliphatic hydroxyl groups is 1. The average Bonchev–Trinajstić information content (AvgIpc) is 2.54. The molecule has 0 aromatic heterocycles. The van der Waals surface area contributed by atoms with Crippen LogP contribution in [0.25, 0.3) is 0 Å². The molecule has 0 saturated carbocycles. The van der Waals surface area contributed by atoms with E-state index in [4.69, 9.17) is 9.84 Å². The number of ether oxygens (including phenoxy) is 1. The van der Waals surface area contributed by atoms with Crippen molar-refractivity contribution in [2.45, 2.75) is 45.4 Å². The van der Waals surface area contributed by atoms with E-state index in [0.717, 1.165) is 31.5 Å². The van der Waals surface area contributed by atoms with Gasteiger partial charge in [0, 0.05) is 25.2 Å². The Morgan fingerprint density at radius 2 is 2.13 bits per heavy atom. The van der Waals surface area contributed by atoms with Gasteiger partial charge in [0.15, 0.2) is 0 Å². The summed E-state index contributed by atoms with van der Waals surface area (Å²) in [5.41, 5.74) is 0.995. The minimum absolute atomic E-state index is 0.0948. The summed E-state index contributed by atoms with van der Waals surface area (Å²) in [5.74, 6) is 0. The summed E-state index contributed by atoms with van der Waals surface area (Å²) >= 11 is 0. The third-order valence-electron chi connectivity index (χ3n) is 4.26. The Bertz CT molecular complexity index is 476. The Kier molecular flexibility index (Phi) is 6.86. The van der Waals surface area contributed by atoms with Gasteiger partial charge in [0.25, 0.3) is 0 Å². The number of nitrogens with zero attached hydrogens (tertiary/aromatic N) is 2. The predicted octanol–water partition coefficient (Wildman–Crippen LogP) is 2.49. The molecule has 128 valence electrons. The van der Waals surface area contributed by atoms with E-state index < -0.39 is 0 Å². The van der Waals surface area contributed by atoms with Crippen LogP contribution in [0.3, 0.4) is 0 Å². The fraction of sp³-hybridized carbons (Fsp3) is 0.611.